The van der Waals surface area contributed by atoms with Gasteiger partial charge in [-0.2, -0.15) is 0 Å². The number of hydrogen-bond acceptors (Lipinski definition) is 6. The van der Waals surface area contributed by atoms with Gasteiger partial charge in [-0.05, 0) is 48.9 Å². The Balaban J connectivity index is 2.33. The number of nitrogen functional groups attached to an aromatic ring is 1. The van der Waals surface area contributed by atoms with Gasteiger partial charge in [-0.3, -0.25) is 5.41 Å². The molecular formula is C18H21N3O4. The zero-order chi connectivity index (χ0) is 18.4. The zero-order valence-corrected chi connectivity index (χ0v) is 14.1. The molecule has 0 amide bonds. The van der Waals surface area contributed by atoms with E-state index in [2.05, 4.69) is 5.32 Å². The van der Waals surface area contributed by atoms with Crippen LogP contribution in [0.25, 0.3) is 0 Å². The van der Waals surface area contributed by atoms with Crippen LogP contribution in [0, 0.1) is 5.41 Å². The minimum Gasteiger partial charge on any atom is -0.508 e. The summed E-state index contributed by atoms with van der Waals surface area (Å²) in [4.78, 5) is 12.2. The van der Waals surface area contributed by atoms with Crippen LogP contribution in [0.15, 0.2) is 42.5 Å². The lowest BCUT2D eigenvalue weighted by Crippen LogP contribution is -2.22. The number of amidine groups is 1. The van der Waals surface area contributed by atoms with Gasteiger partial charge >= 0.3 is 5.97 Å². The molecular weight excluding hydrogens is 322 g/mol. The molecule has 0 aliphatic carbocycles. The fourth-order valence-corrected chi connectivity index (χ4v) is 2.33. The summed E-state index contributed by atoms with van der Waals surface area (Å²) in [6.45, 7) is 2.27. The summed E-state index contributed by atoms with van der Waals surface area (Å²) in [6, 6.07) is 10.5. The Morgan fingerprint density at radius 2 is 1.96 bits per heavy atom. The SMILES string of the molecule is CCOc1cc(O)cc(C(Nc2ccc(C(=N)N)cc2)C(=O)OC)c1. The third kappa shape index (κ3) is 4.63. The zero-order valence-electron chi connectivity index (χ0n) is 14.1. The van der Waals surface area contributed by atoms with Crippen molar-refractivity contribution in [2.45, 2.75) is 13.0 Å². The first-order valence-corrected chi connectivity index (χ1v) is 7.70. The van der Waals surface area contributed by atoms with Crippen LogP contribution in [-0.2, 0) is 9.53 Å². The number of phenols is 1. The van der Waals surface area contributed by atoms with E-state index in [1.54, 1.807) is 30.3 Å². The van der Waals surface area contributed by atoms with Crippen molar-refractivity contribution in [1.82, 2.24) is 0 Å². The van der Waals surface area contributed by atoms with Crippen LogP contribution >= 0.6 is 0 Å². The molecule has 0 aliphatic rings. The predicted molar refractivity (Wildman–Crippen MR) is 95.1 cm³/mol. The second-order valence-electron chi connectivity index (χ2n) is 5.28. The van der Waals surface area contributed by atoms with Gasteiger partial charge in [0.2, 0.25) is 0 Å². The van der Waals surface area contributed by atoms with Crippen molar-refractivity contribution in [3.63, 3.8) is 0 Å². The van der Waals surface area contributed by atoms with Crippen molar-refractivity contribution >= 4 is 17.5 Å². The number of ether oxygens (including phenoxy) is 2. The molecule has 0 heterocycles. The van der Waals surface area contributed by atoms with Crippen molar-refractivity contribution in [2.24, 2.45) is 5.73 Å². The number of rotatable bonds is 7. The molecule has 0 fully saturated rings. The molecule has 0 saturated carbocycles. The maximum Gasteiger partial charge on any atom is 0.332 e. The normalized spacial score (nSPS) is 11.4. The number of esters is 1. The summed E-state index contributed by atoms with van der Waals surface area (Å²) < 4.78 is 10.3. The van der Waals surface area contributed by atoms with Gasteiger partial charge in [0.1, 0.15) is 17.3 Å². The molecule has 0 aliphatic heterocycles. The number of benzene rings is 2. The molecule has 0 aromatic heterocycles. The van der Waals surface area contributed by atoms with Gasteiger partial charge in [0.05, 0.1) is 13.7 Å². The lowest BCUT2D eigenvalue weighted by Gasteiger charge is -2.19. The number of carbonyl (C=O) groups excluding carboxylic acids is 1. The van der Waals surface area contributed by atoms with Crippen molar-refractivity contribution in [3.8, 4) is 11.5 Å². The molecule has 132 valence electrons. The number of methoxy groups -OCH3 is 1. The summed E-state index contributed by atoms with van der Waals surface area (Å²) in [5.41, 5.74) is 7.16. The second kappa shape index (κ2) is 8.05. The van der Waals surface area contributed by atoms with E-state index in [0.29, 0.717) is 29.2 Å². The Labute approximate surface area is 145 Å². The molecule has 5 N–H and O–H groups in total. The van der Waals surface area contributed by atoms with Gasteiger partial charge in [-0.1, -0.05) is 0 Å². The Morgan fingerprint density at radius 1 is 1.28 bits per heavy atom. The van der Waals surface area contributed by atoms with E-state index in [9.17, 15) is 9.90 Å². The van der Waals surface area contributed by atoms with E-state index >= 15 is 0 Å². The summed E-state index contributed by atoms with van der Waals surface area (Å²) in [6.07, 6.45) is 0. The maximum atomic E-state index is 12.2. The first-order chi connectivity index (χ1) is 11.9. The molecule has 7 nitrogen and oxygen atoms in total. The van der Waals surface area contributed by atoms with E-state index in [4.69, 9.17) is 20.6 Å². The quantitative estimate of drug-likeness (QED) is 0.348. The van der Waals surface area contributed by atoms with E-state index in [-0.39, 0.29) is 11.6 Å². The number of carbonyl (C=O) groups is 1. The number of nitrogens with two attached hydrogens (primary N) is 1. The summed E-state index contributed by atoms with van der Waals surface area (Å²) >= 11 is 0. The lowest BCUT2D eigenvalue weighted by atomic mass is 10.1. The number of phenolic OH excluding ortho intramolecular Hbond substituents is 1. The lowest BCUT2D eigenvalue weighted by molar-refractivity contribution is -0.141. The Kier molecular flexibility index (Phi) is 5.84. The van der Waals surface area contributed by atoms with Crippen LogP contribution < -0.4 is 15.8 Å². The molecule has 1 atom stereocenters. The second-order valence-corrected chi connectivity index (χ2v) is 5.28. The van der Waals surface area contributed by atoms with Crippen LogP contribution in [-0.4, -0.2) is 30.6 Å². The minimum atomic E-state index is -0.834. The summed E-state index contributed by atoms with van der Waals surface area (Å²) in [5, 5.41) is 20.4. The van der Waals surface area contributed by atoms with E-state index in [1.165, 1.54) is 19.2 Å². The highest BCUT2D eigenvalue weighted by atomic mass is 16.5. The standard InChI is InChI=1S/C18H21N3O4/c1-3-25-15-9-12(8-14(22)10-15)16(18(23)24-2)21-13-6-4-11(5-7-13)17(19)20/h4-10,16,21-22H,3H2,1-2H3,(H3,19,20). The Hall–Kier alpha value is -3.22. The highest BCUT2D eigenvalue weighted by molar-refractivity contribution is 5.95. The van der Waals surface area contributed by atoms with Gasteiger partial charge in [-0.25, -0.2) is 4.79 Å². The monoisotopic (exact) mass is 343 g/mol. The van der Waals surface area contributed by atoms with Gasteiger partial charge < -0.3 is 25.6 Å². The highest BCUT2D eigenvalue weighted by Gasteiger charge is 2.23. The number of anilines is 1. The van der Waals surface area contributed by atoms with Gasteiger partial charge in [0.15, 0.2) is 6.04 Å². The van der Waals surface area contributed by atoms with Crippen molar-refractivity contribution in [3.05, 3.63) is 53.6 Å². The fourth-order valence-electron chi connectivity index (χ4n) is 2.33. The largest absolute Gasteiger partial charge is 0.508 e. The number of aromatic hydroxyl groups is 1. The maximum absolute atomic E-state index is 12.2. The average molecular weight is 343 g/mol. The van der Waals surface area contributed by atoms with Crippen LogP contribution in [0.1, 0.15) is 24.1 Å². The van der Waals surface area contributed by atoms with Crippen LogP contribution in [0.2, 0.25) is 0 Å². The van der Waals surface area contributed by atoms with Crippen LogP contribution in [0.4, 0.5) is 5.69 Å². The molecule has 0 radical (unpaired) electrons. The molecule has 7 heteroatoms. The van der Waals surface area contributed by atoms with Crippen molar-refractivity contribution in [2.75, 3.05) is 19.0 Å². The molecule has 0 bridgehead atoms. The average Bonchev–Trinajstić information content (AvgIpc) is 2.59. The summed E-state index contributed by atoms with van der Waals surface area (Å²) in [7, 11) is 1.29. The van der Waals surface area contributed by atoms with Gasteiger partial charge in [-0.15, -0.1) is 0 Å². The third-order valence-corrected chi connectivity index (χ3v) is 3.50. The molecule has 2 aromatic carbocycles. The first kappa shape index (κ1) is 18.1. The molecule has 0 spiro atoms. The number of hydrogen-bond donors (Lipinski definition) is 4. The van der Waals surface area contributed by atoms with E-state index < -0.39 is 12.0 Å². The predicted octanol–water partition coefficient (Wildman–Crippen LogP) is 2.40. The third-order valence-electron chi connectivity index (χ3n) is 3.50. The Morgan fingerprint density at radius 3 is 2.52 bits per heavy atom. The topological polar surface area (TPSA) is 118 Å². The minimum absolute atomic E-state index is 0.0106. The first-order valence-electron chi connectivity index (χ1n) is 7.70. The molecule has 1 unspecified atom stereocenters. The Bertz CT molecular complexity index is 759. The van der Waals surface area contributed by atoms with E-state index in [0.717, 1.165) is 0 Å². The smallest absolute Gasteiger partial charge is 0.332 e. The molecule has 2 aromatic rings. The number of nitrogens with one attached hydrogen (secondary N) is 2. The van der Waals surface area contributed by atoms with Crippen LogP contribution in [0.3, 0.4) is 0 Å². The van der Waals surface area contributed by atoms with Crippen molar-refractivity contribution < 1.29 is 19.4 Å². The molecule has 2 rings (SSSR count). The van der Waals surface area contributed by atoms with Gasteiger partial charge in [0, 0.05) is 17.3 Å². The molecule has 0 saturated heterocycles. The molecule has 25 heavy (non-hydrogen) atoms. The van der Waals surface area contributed by atoms with Crippen LogP contribution in [0.5, 0.6) is 11.5 Å². The summed E-state index contributed by atoms with van der Waals surface area (Å²) in [5.74, 6) is -0.0992. The van der Waals surface area contributed by atoms with E-state index in [1.807, 2.05) is 6.92 Å². The fraction of sp³-hybridized carbons (Fsp3) is 0.222. The van der Waals surface area contributed by atoms with Gasteiger partial charge in [0.25, 0.3) is 0 Å². The van der Waals surface area contributed by atoms with Crippen molar-refractivity contribution in [1.29, 1.82) is 5.41 Å². The highest BCUT2D eigenvalue weighted by Crippen LogP contribution is 2.29.